The Kier molecular flexibility index (Phi) is 18.9. The monoisotopic (exact) mass is 1690 g/mol. The van der Waals surface area contributed by atoms with E-state index in [1.54, 1.807) is 0 Å². The zero-order chi connectivity index (χ0) is 88.2. The van der Waals surface area contributed by atoms with Crippen LogP contribution in [0.15, 0.2) is 497 Å². The standard InChI is InChI=1S/C75H52N2.C54H36N2/c1-75(2)71-24-14-13-23-66(71)67-41-31-56(47-72(67)75)55-33-44-74-70(46-55)69-45-54(32-43-73(69)77(74)59-38-27-52(28-39-59)50-17-7-4-8-18-50)53-29-36-58(37-30-53)76(57-34-25-51(26-35-57)49-15-5-3-6-16-49)60-40-42-65-63-21-10-9-19-61(63)62-20-11-12-22-64(62)68(65)48-60;1-3-13-41(14-4-1)55(43-29-23-37(24-30-43)39-27-33-49-47-19-8-7-17-45(47)46-18-9-10-20-48(46)51(49)35-39)44-31-25-38(26-32-44)40-28-34-54-52(36-40)50-21-11-12-22-53(50)56(54)42-15-5-2-6-16-42/h3-48H,1-2H3;1-36H. The van der Waals surface area contributed by atoms with Crippen molar-refractivity contribution in [2.24, 2.45) is 0 Å². The lowest BCUT2D eigenvalue weighted by molar-refractivity contribution is 0.660. The van der Waals surface area contributed by atoms with Gasteiger partial charge in [0.15, 0.2) is 0 Å². The fourth-order valence-corrected chi connectivity index (χ4v) is 21.4. The van der Waals surface area contributed by atoms with E-state index < -0.39 is 0 Å². The Morgan fingerprint density at radius 2 is 0.406 bits per heavy atom. The molecule has 4 nitrogen and oxygen atoms in total. The Labute approximate surface area is 773 Å². The van der Waals surface area contributed by atoms with E-state index in [2.05, 4.69) is 530 Å². The normalized spacial score (nSPS) is 12.2. The van der Waals surface area contributed by atoms with E-state index in [9.17, 15) is 0 Å². The number of hydrogen-bond donors (Lipinski definition) is 0. The van der Waals surface area contributed by atoms with Gasteiger partial charge < -0.3 is 18.9 Å². The third-order valence-corrected chi connectivity index (χ3v) is 28.0. The van der Waals surface area contributed by atoms with Crippen molar-refractivity contribution in [3.05, 3.63) is 509 Å². The minimum Gasteiger partial charge on any atom is -0.311 e. The molecule has 1 aliphatic rings. The number of fused-ring (bicyclic) bond motifs is 21. The van der Waals surface area contributed by atoms with Crippen LogP contribution in [0.5, 0.6) is 0 Å². The third-order valence-electron chi connectivity index (χ3n) is 28.0. The molecule has 23 aromatic carbocycles. The zero-order valence-corrected chi connectivity index (χ0v) is 73.6. The van der Waals surface area contributed by atoms with E-state index >= 15 is 0 Å². The van der Waals surface area contributed by atoms with Crippen molar-refractivity contribution in [1.29, 1.82) is 0 Å². The molecule has 624 valence electrons. The third kappa shape index (κ3) is 13.5. The molecular formula is C129H88N4. The molecule has 0 spiro atoms. The van der Waals surface area contributed by atoms with Gasteiger partial charge in [-0.3, -0.25) is 0 Å². The molecule has 0 saturated heterocycles. The minimum absolute atomic E-state index is 0.0812. The molecule has 2 heterocycles. The maximum atomic E-state index is 2.44. The van der Waals surface area contributed by atoms with Crippen LogP contribution in [0.4, 0.5) is 34.1 Å². The summed E-state index contributed by atoms with van der Waals surface area (Å²) in [5.41, 5.74) is 33.5. The van der Waals surface area contributed by atoms with Gasteiger partial charge in [0.2, 0.25) is 0 Å². The molecule has 0 aliphatic heterocycles. The lowest BCUT2D eigenvalue weighted by atomic mass is 9.81. The number of rotatable bonds is 14. The zero-order valence-electron chi connectivity index (χ0n) is 73.6. The predicted octanol–water partition coefficient (Wildman–Crippen LogP) is 35.7. The van der Waals surface area contributed by atoms with Gasteiger partial charge in [-0.2, -0.15) is 0 Å². The summed E-state index contributed by atoms with van der Waals surface area (Å²) >= 11 is 0. The van der Waals surface area contributed by atoms with Gasteiger partial charge in [-0.25, -0.2) is 0 Å². The molecule has 0 fully saturated rings. The Bertz CT molecular complexity index is 8770. The van der Waals surface area contributed by atoms with Gasteiger partial charge in [-0.15, -0.1) is 0 Å². The summed E-state index contributed by atoms with van der Waals surface area (Å²) in [6.45, 7) is 4.73. The van der Waals surface area contributed by atoms with Crippen molar-refractivity contribution in [2.75, 3.05) is 9.80 Å². The maximum Gasteiger partial charge on any atom is 0.0541 e. The fourth-order valence-electron chi connectivity index (χ4n) is 21.4. The van der Waals surface area contributed by atoms with Crippen molar-refractivity contribution in [1.82, 2.24) is 9.13 Å². The van der Waals surface area contributed by atoms with Crippen LogP contribution in [0.1, 0.15) is 25.0 Å². The largest absolute Gasteiger partial charge is 0.311 e. The van der Waals surface area contributed by atoms with E-state index in [-0.39, 0.29) is 5.41 Å². The summed E-state index contributed by atoms with van der Waals surface area (Å²) in [7, 11) is 0. The summed E-state index contributed by atoms with van der Waals surface area (Å²) in [5.74, 6) is 0. The highest BCUT2D eigenvalue weighted by atomic mass is 15.1. The van der Waals surface area contributed by atoms with Gasteiger partial charge in [-0.1, -0.05) is 360 Å². The van der Waals surface area contributed by atoms with Crippen molar-refractivity contribution in [3.63, 3.8) is 0 Å². The van der Waals surface area contributed by atoms with Crippen LogP contribution in [-0.2, 0) is 5.41 Å². The second-order valence-corrected chi connectivity index (χ2v) is 35.8. The van der Waals surface area contributed by atoms with Gasteiger partial charge in [-0.05, 0) is 305 Å². The molecule has 0 saturated carbocycles. The first-order valence-electron chi connectivity index (χ1n) is 46.1. The molecule has 26 rings (SSSR count). The first-order chi connectivity index (χ1) is 65.7. The number of benzene rings is 23. The van der Waals surface area contributed by atoms with Crippen LogP contribution in [0.3, 0.4) is 0 Å². The molecule has 0 unspecified atom stereocenters. The molecule has 2 aromatic heterocycles. The van der Waals surface area contributed by atoms with Gasteiger partial charge in [0, 0.05) is 72.5 Å². The quantitative estimate of drug-likeness (QED) is 0.101. The van der Waals surface area contributed by atoms with Crippen molar-refractivity contribution >= 4 is 142 Å². The molecule has 0 N–H and O–H groups in total. The van der Waals surface area contributed by atoms with Crippen LogP contribution in [0.2, 0.25) is 0 Å². The van der Waals surface area contributed by atoms with Crippen LogP contribution in [0, 0.1) is 0 Å². The summed E-state index contributed by atoms with van der Waals surface area (Å²) in [6.07, 6.45) is 0. The average Bonchev–Trinajstić information content (AvgIpc) is 1.68. The lowest BCUT2D eigenvalue weighted by Gasteiger charge is -2.26. The first-order valence-corrected chi connectivity index (χ1v) is 46.1. The summed E-state index contributed by atoms with van der Waals surface area (Å²) in [4.78, 5) is 4.74. The summed E-state index contributed by atoms with van der Waals surface area (Å²) in [5, 5.41) is 20.3. The minimum atomic E-state index is -0.0812. The number of hydrogen-bond acceptors (Lipinski definition) is 2. The first kappa shape index (κ1) is 78.1. The molecule has 25 aromatic rings. The number of anilines is 6. The van der Waals surface area contributed by atoms with Crippen LogP contribution < -0.4 is 9.80 Å². The number of para-hydroxylation sites is 3. The van der Waals surface area contributed by atoms with Crippen LogP contribution >= 0.6 is 0 Å². The van der Waals surface area contributed by atoms with E-state index in [0.717, 1.165) is 45.4 Å². The van der Waals surface area contributed by atoms with E-state index in [4.69, 9.17) is 0 Å². The Balaban J connectivity index is 0.000000150. The van der Waals surface area contributed by atoms with Crippen molar-refractivity contribution in [2.45, 2.75) is 19.3 Å². The van der Waals surface area contributed by atoms with Crippen LogP contribution in [0.25, 0.3) is 198 Å². The molecule has 0 atom stereocenters. The SMILES string of the molecule is CC1(C)c2ccccc2-c2ccc(-c3ccc4c(c3)c3cc(-c5ccc(N(c6ccc(-c7ccccc7)cc6)c6ccc7c8ccccc8c8ccccc8c7c6)cc5)ccc3n4-c3ccc(-c4ccccc4)cc3)cc21.c1ccc(N(c2ccc(-c3ccc4c5ccccc5c5ccccc5c4c3)cc2)c2ccc(-c3ccc4c(c3)c3ccccc3n4-c3ccccc3)cc2)cc1. The maximum absolute atomic E-state index is 2.44. The van der Waals surface area contributed by atoms with Gasteiger partial charge in [0.1, 0.15) is 0 Å². The molecule has 0 bridgehead atoms. The Morgan fingerprint density at radius 1 is 0.150 bits per heavy atom. The molecular weight excluding hydrogens is 1610 g/mol. The molecule has 0 radical (unpaired) electrons. The van der Waals surface area contributed by atoms with Gasteiger partial charge in [0.25, 0.3) is 0 Å². The van der Waals surface area contributed by atoms with Crippen molar-refractivity contribution < 1.29 is 0 Å². The van der Waals surface area contributed by atoms with E-state index in [1.807, 2.05) is 0 Å². The molecule has 133 heavy (non-hydrogen) atoms. The molecule has 0 amide bonds. The van der Waals surface area contributed by atoms with Crippen molar-refractivity contribution in [3.8, 4) is 89.3 Å². The lowest BCUT2D eigenvalue weighted by Crippen LogP contribution is -2.14. The second kappa shape index (κ2) is 32.2. The second-order valence-electron chi connectivity index (χ2n) is 35.8. The van der Waals surface area contributed by atoms with E-state index in [1.165, 1.54) is 197 Å². The average molecular weight is 1690 g/mol. The fraction of sp³-hybridized carbons (Fsp3) is 0.0233. The molecule has 4 heteroatoms. The van der Waals surface area contributed by atoms with E-state index in [0.29, 0.717) is 0 Å². The van der Waals surface area contributed by atoms with Gasteiger partial charge >= 0.3 is 0 Å². The smallest absolute Gasteiger partial charge is 0.0541 e. The summed E-state index contributed by atoms with van der Waals surface area (Å²) < 4.78 is 4.80. The number of nitrogens with zero attached hydrogens (tertiary/aromatic N) is 4. The number of aromatic nitrogens is 2. The highest BCUT2D eigenvalue weighted by Crippen LogP contribution is 2.52. The van der Waals surface area contributed by atoms with Crippen LogP contribution in [-0.4, -0.2) is 9.13 Å². The highest BCUT2D eigenvalue weighted by Gasteiger charge is 2.36. The Morgan fingerprint density at radius 3 is 0.865 bits per heavy atom. The van der Waals surface area contributed by atoms with Gasteiger partial charge in [0.05, 0.1) is 22.1 Å². The Hall–Kier alpha value is -17.2. The summed E-state index contributed by atoms with van der Waals surface area (Å²) in [6, 6.07) is 183. The highest BCUT2D eigenvalue weighted by molar-refractivity contribution is 6.27. The molecule has 1 aliphatic carbocycles. The topological polar surface area (TPSA) is 16.3 Å². The predicted molar refractivity (Wildman–Crippen MR) is 566 cm³/mol.